The molecule has 0 bridgehead atoms. The lowest BCUT2D eigenvalue weighted by Crippen LogP contribution is -2.32. The zero-order chi connectivity index (χ0) is 17.1. The van der Waals surface area contributed by atoms with Gasteiger partial charge in [-0.1, -0.05) is 23.2 Å². The smallest absolute Gasteiger partial charge is 0.246 e. The zero-order valence-electron chi connectivity index (χ0n) is 12.9. The average Bonchev–Trinajstić information content (AvgIpc) is 2.58. The fraction of sp³-hybridized carbons (Fsp3) is 0.235. The van der Waals surface area contributed by atoms with Crippen LogP contribution in [0.4, 0.5) is 11.4 Å². The SMILES string of the molecule is C[C@@H](Nc1ccc2c(c1)OCCO2)C(=O)Nc1cc(Cl)ccc1Cl. The summed E-state index contributed by atoms with van der Waals surface area (Å²) >= 11 is 12.0. The third-order valence-corrected chi connectivity index (χ3v) is 4.07. The van der Waals surface area contributed by atoms with Crippen LogP contribution in [-0.2, 0) is 4.79 Å². The Morgan fingerprint density at radius 3 is 2.62 bits per heavy atom. The van der Waals surface area contributed by atoms with E-state index in [-0.39, 0.29) is 5.91 Å². The highest BCUT2D eigenvalue weighted by atomic mass is 35.5. The minimum atomic E-state index is -0.484. The molecule has 0 aliphatic carbocycles. The molecule has 3 rings (SSSR count). The highest BCUT2D eigenvalue weighted by Gasteiger charge is 2.17. The zero-order valence-corrected chi connectivity index (χ0v) is 14.4. The lowest BCUT2D eigenvalue weighted by Gasteiger charge is -2.20. The number of benzene rings is 2. The molecular weight excluding hydrogens is 351 g/mol. The van der Waals surface area contributed by atoms with Gasteiger partial charge in [-0.2, -0.15) is 0 Å². The molecule has 1 amide bonds. The van der Waals surface area contributed by atoms with Gasteiger partial charge in [-0.3, -0.25) is 4.79 Å². The molecule has 24 heavy (non-hydrogen) atoms. The average molecular weight is 367 g/mol. The minimum absolute atomic E-state index is 0.228. The van der Waals surface area contributed by atoms with Gasteiger partial charge in [-0.25, -0.2) is 0 Å². The van der Waals surface area contributed by atoms with Crippen LogP contribution in [0.2, 0.25) is 10.0 Å². The summed E-state index contributed by atoms with van der Waals surface area (Å²) in [6, 6.07) is 9.89. The van der Waals surface area contributed by atoms with Crippen molar-refractivity contribution in [3.05, 3.63) is 46.4 Å². The van der Waals surface area contributed by atoms with Crippen LogP contribution in [0.15, 0.2) is 36.4 Å². The Labute approximate surface area is 149 Å². The highest BCUT2D eigenvalue weighted by Crippen LogP contribution is 2.33. The van der Waals surface area contributed by atoms with Gasteiger partial charge in [-0.15, -0.1) is 0 Å². The quantitative estimate of drug-likeness (QED) is 0.850. The van der Waals surface area contributed by atoms with E-state index in [1.807, 2.05) is 18.2 Å². The molecule has 5 nitrogen and oxygen atoms in total. The first-order chi connectivity index (χ1) is 11.5. The summed E-state index contributed by atoms with van der Waals surface area (Å²) in [7, 11) is 0. The molecule has 1 aliphatic rings. The third-order valence-electron chi connectivity index (χ3n) is 3.50. The maximum Gasteiger partial charge on any atom is 0.246 e. The summed E-state index contributed by atoms with van der Waals surface area (Å²) in [4.78, 5) is 12.3. The molecule has 0 spiro atoms. The number of anilines is 2. The molecule has 1 aliphatic heterocycles. The van der Waals surface area contributed by atoms with Gasteiger partial charge in [0.15, 0.2) is 11.5 Å². The fourth-order valence-corrected chi connectivity index (χ4v) is 2.62. The number of amides is 1. The Morgan fingerprint density at radius 2 is 1.83 bits per heavy atom. The number of nitrogens with one attached hydrogen (secondary N) is 2. The summed E-state index contributed by atoms with van der Waals surface area (Å²) < 4.78 is 11.0. The molecule has 0 unspecified atom stereocenters. The number of fused-ring (bicyclic) bond motifs is 1. The van der Waals surface area contributed by atoms with Gasteiger partial charge >= 0.3 is 0 Å². The van der Waals surface area contributed by atoms with Crippen molar-refractivity contribution < 1.29 is 14.3 Å². The van der Waals surface area contributed by atoms with Crippen LogP contribution < -0.4 is 20.1 Å². The van der Waals surface area contributed by atoms with Crippen molar-refractivity contribution in [1.29, 1.82) is 0 Å². The number of ether oxygens (including phenoxy) is 2. The molecule has 0 radical (unpaired) electrons. The Hall–Kier alpha value is -2.11. The first-order valence-corrected chi connectivity index (χ1v) is 8.20. The van der Waals surface area contributed by atoms with Gasteiger partial charge in [-0.05, 0) is 37.3 Å². The van der Waals surface area contributed by atoms with E-state index in [0.29, 0.717) is 40.4 Å². The van der Waals surface area contributed by atoms with Gasteiger partial charge in [0, 0.05) is 16.8 Å². The summed E-state index contributed by atoms with van der Waals surface area (Å²) in [6.45, 7) is 2.81. The topological polar surface area (TPSA) is 59.6 Å². The monoisotopic (exact) mass is 366 g/mol. The fourth-order valence-electron chi connectivity index (χ4n) is 2.28. The predicted molar refractivity (Wildman–Crippen MR) is 95.6 cm³/mol. The maximum absolute atomic E-state index is 12.3. The van der Waals surface area contributed by atoms with Crippen LogP contribution in [0.1, 0.15) is 6.92 Å². The number of hydrogen-bond donors (Lipinski definition) is 2. The van der Waals surface area contributed by atoms with Crippen molar-refractivity contribution in [3.63, 3.8) is 0 Å². The van der Waals surface area contributed by atoms with Crippen LogP contribution in [0.25, 0.3) is 0 Å². The number of carbonyl (C=O) groups is 1. The Kier molecular flexibility index (Phi) is 5.02. The van der Waals surface area contributed by atoms with Crippen LogP contribution >= 0.6 is 23.2 Å². The van der Waals surface area contributed by atoms with E-state index in [1.165, 1.54) is 0 Å². The second-order valence-corrected chi connectivity index (χ2v) is 6.18. The van der Waals surface area contributed by atoms with Gasteiger partial charge in [0.05, 0.1) is 10.7 Å². The van der Waals surface area contributed by atoms with Gasteiger partial charge in [0.1, 0.15) is 19.3 Å². The summed E-state index contributed by atoms with van der Waals surface area (Å²) in [5.41, 5.74) is 1.24. The van der Waals surface area contributed by atoms with Crippen LogP contribution in [0, 0.1) is 0 Å². The largest absolute Gasteiger partial charge is 0.486 e. The number of rotatable bonds is 4. The van der Waals surface area contributed by atoms with Crippen molar-refractivity contribution >= 4 is 40.5 Å². The molecule has 7 heteroatoms. The summed E-state index contributed by atoms with van der Waals surface area (Å²) in [6.07, 6.45) is 0. The van der Waals surface area contributed by atoms with E-state index in [0.717, 1.165) is 5.69 Å². The van der Waals surface area contributed by atoms with Gasteiger partial charge in [0.2, 0.25) is 5.91 Å². The number of carbonyl (C=O) groups excluding carboxylic acids is 1. The van der Waals surface area contributed by atoms with Crippen molar-refractivity contribution in [2.24, 2.45) is 0 Å². The lowest BCUT2D eigenvalue weighted by atomic mass is 10.2. The molecule has 1 atom stereocenters. The second-order valence-electron chi connectivity index (χ2n) is 5.34. The van der Waals surface area contributed by atoms with Crippen molar-refractivity contribution in [2.45, 2.75) is 13.0 Å². The van der Waals surface area contributed by atoms with Gasteiger partial charge in [0.25, 0.3) is 0 Å². The first-order valence-electron chi connectivity index (χ1n) is 7.45. The molecule has 2 aromatic carbocycles. The molecule has 0 aromatic heterocycles. The standard InChI is InChI=1S/C17H16Cl2N2O3/c1-10(17(22)21-14-8-11(18)2-4-13(14)19)20-12-3-5-15-16(9-12)24-7-6-23-15/h2-5,8-10,20H,6-7H2,1H3,(H,21,22)/t10-/m1/s1. The van der Waals surface area contributed by atoms with E-state index in [4.69, 9.17) is 32.7 Å². The lowest BCUT2D eigenvalue weighted by molar-refractivity contribution is -0.116. The first kappa shape index (κ1) is 16.7. The van der Waals surface area contributed by atoms with Crippen molar-refractivity contribution in [2.75, 3.05) is 23.8 Å². The van der Waals surface area contributed by atoms with Crippen molar-refractivity contribution in [1.82, 2.24) is 0 Å². The maximum atomic E-state index is 12.3. The number of hydrogen-bond acceptors (Lipinski definition) is 4. The molecule has 2 N–H and O–H groups in total. The van der Waals surface area contributed by atoms with Crippen LogP contribution in [-0.4, -0.2) is 25.2 Å². The molecule has 0 fully saturated rings. The van der Waals surface area contributed by atoms with E-state index in [2.05, 4.69) is 10.6 Å². The number of halogens is 2. The molecule has 0 saturated heterocycles. The highest BCUT2D eigenvalue weighted by molar-refractivity contribution is 6.35. The Bertz CT molecular complexity index is 767. The second kappa shape index (κ2) is 7.20. The normalized spacial score (nSPS) is 14.0. The molecule has 0 saturated carbocycles. The van der Waals surface area contributed by atoms with E-state index >= 15 is 0 Å². The predicted octanol–water partition coefficient (Wildman–Crippen LogP) is 4.20. The van der Waals surface area contributed by atoms with Crippen LogP contribution in [0.3, 0.4) is 0 Å². The minimum Gasteiger partial charge on any atom is -0.486 e. The summed E-state index contributed by atoms with van der Waals surface area (Å²) in [5.74, 6) is 1.14. The van der Waals surface area contributed by atoms with E-state index in [9.17, 15) is 4.79 Å². The van der Waals surface area contributed by atoms with Gasteiger partial charge < -0.3 is 20.1 Å². The molecule has 2 aromatic rings. The van der Waals surface area contributed by atoms with E-state index < -0.39 is 6.04 Å². The summed E-state index contributed by atoms with van der Waals surface area (Å²) in [5, 5.41) is 6.81. The van der Waals surface area contributed by atoms with Crippen LogP contribution in [0.5, 0.6) is 11.5 Å². The molecule has 1 heterocycles. The molecular formula is C17H16Cl2N2O3. The van der Waals surface area contributed by atoms with Crippen molar-refractivity contribution in [3.8, 4) is 11.5 Å². The third kappa shape index (κ3) is 3.86. The van der Waals surface area contributed by atoms with E-state index in [1.54, 1.807) is 25.1 Å². The molecule has 126 valence electrons. The Balaban J connectivity index is 1.67. The Morgan fingerprint density at radius 1 is 1.08 bits per heavy atom.